The summed E-state index contributed by atoms with van der Waals surface area (Å²) in [4.78, 5) is 1.09. The van der Waals surface area contributed by atoms with Crippen LogP contribution in [0.5, 0.6) is 5.75 Å². The molecule has 0 saturated heterocycles. The molecule has 0 aliphatic rings. The summed E-state index contributed by atoms with van der Waals surface area (Å²) in [5, 5.41) is 0.224. The van der Waals surface area contributed by atoms with Crippen molar-refractivity contribution in [2.75, 3.05) is 0 Å². The molecular weight excluding hydrogens is 252 g/mol. The van der Waals surface area contributed by atoms with Crippen LogP contribution in [-0.4, -0.2) is 8.32 Å². The second-order valence-corrected chi connectivity index (χ2v) is 11.3. The number of rotatable bonds is 3. The lowest BCUT2D eigenvalue weighted by Gasteiger charge is -2.36. The summed E-state index contributed by atoms with van der Waals surface area (Å²) in [5.41, 5.74) is 0. The first kappa shape index (κ1) is 14.0. The van der Waals surface area contributed by atoms with Crippen molar-refractivity contribution < 1.29 is 4.43 Å². The van der Waals surface area contributed by atoms with Crippen molar-refractivity contribution >= 4 is 30.8 Å². The van der Waals surface area contributed by atoms with Gasteiger partial charge < -0.3 is 4.43 Å². The predicted octanol–water partition coefficient (Wildman–Crippen LogP) is 5.01. The zero-order chi connectivity index (χ0) is 12.4. The summed E-state index contributed by atoms with van der Waals surface area (Å²) in [6.07, 6.45) is 0. The lowest BCUT2D eigenvalue weighted by molar-refractivity contribution is 0.483. The van der Waals surface area contributed by atoms with E-state index in [2.05, 4.69) is 45.5 Å². The van der Waals surface area contributed by atoms with E-state index >= 15 is 0 Å². The maximum Gasteiger partial charge on any atom is 0.250 e. The molecule has 0 aliphatic heterocycles. The Balaban J connectivity index is 2.96. The van der Waals surface area contributed by atoms with E-state index in [0.717, 1.165) is 10.6 Å². The molecule has 0 heterocycles. The predicted molar refractivity (Wildman–Crippen MR) is 79.1 cm³/mol. The minimum Gasteiger partial charge on any atom is -0.543 e. The van der Waals surface area contributed by atoms with Gasteiger partial charge >= 0.3 is 0 Å². The summed E-state index contributed by atoms with van der Waals surface area (Å²) in [7, 11) is -0.302. The van der Waals surface area contributed by atoms with Gasteiger partial charge in [0.2, 0.25) is 0 Å². The molecule has 0 radical (unpaired) electrons. The first-order valence-electron chi connectivity index (χ1n) is 5.37. The Labute approximate surface area is 109 Å². The second kappa shape index (κ2) is 5.06. The highest BCUT2D eigenvalue weighted by Crippen LogP contribution is 2.40. The molecule has 0 spiro atoms. The molecule has 0 aliphatic carbocycles. The van der Waals surface area contributed by atoms with Crippen molar-refractivity contribution in [1.29, 1.82) is 0 Å². The van der Waals surface area contributed by atoms with Gasteiger partial charge in [0.15, 0.2) is 0 Å². The van der Waals surface area contributed by atoms with Gasteiger partial charge in [-0.25, -0.2) is 0 Å². The molecule has 0 bridgehead atoms. The van der Waals surface area contributed by atoms with Gasteiger partial charge in [0.1, 0.15) is 5.75 Å². The Bertz CT molecular complexity index is 358. The fourth-order valence-corrected chi connectivity index (χ4v) is 2.94. The molecule has 0 unspecified atom stereocenters. The lowest BCUT2D eigenvalue weighted by atomic mass is 10.2. The number of hydrogen-bond donors (Lipinski definition) is 1. The Morgan fingerprint density at radius 2 is 1.75 bits per heavy atom. The van der Waals surface area contributed by atoms with Crippen molar-refractivity contribution in [2.45, 2.75) is 43.8 Å². The van der Waals surface area contributed by atoms with E-state index in [1.54, 1.807) is 0 Å². The van der Waals surface area contributed by atoms with Crippen LogP contribution < -0.4 is 4.43 Å². The molecule has 0 fully saturated rings. The first-order chi connectivity index (χ1) is 7.28. The first-order valence-corrected chi connectivity index (χ1v) is 10.1. The Hall–Kier alpha value is -0.0631. The molecular formula is C12H20OS2Si. The van der Waals surface area contributed by atoms with Crippen LogP contribution in [0.1, 0.15) is 20.8 Å². The highest BCUT2D eigenvalue weighted by molar-refractivity contribution is 8.68. The summed E-state index contributed by atoms with van der Waals surface area (Å²) >= 11 is 4.25. The summed E-state index contributed by atoms with van der Waals surface area (Å²) < 4.78 is 6.26. The smallest absolute Gasteiger partial charge is 0.250 e. The zero-order valence-electron chi connectivity index (χ0n) is 10.6. The van der Waals surface area contributed by atoms with Gasteiger partial charge in [-0.3, -0.25) is 0 Å². The molecule has 0 amide bonds. The van der Waals surface area contributed by atoms with Crippen LogP contribution in [0.4, 0.5) is 0 Å². The molecule has 0 N–H and O–H groups in total. The third-order valence-corrected chi connectivity index (χ3v) is 8.59. The molecule has 1 aromatic carbocycles. The fraction of sp³-hybridized carbons (Fsp3) is 0.500. The third kappa shape index (κ3) is 3.21. The molecule has 16 heavy (non-hydrogen) atoms. The van der Waals surface area contributed by atoms with Gasteiger partial charge in [0.05, 0.1) is 4.90 Å². The van der Waals surface area contributed by atoms with E-state index in [9.17, 15) is 0 Å². The molecule has 1 aromatic rings. The van der Waals surface area contributed by atoms with Crippen molar-refractivity contribution in [2.24, 2.45) is 0 Å². The fourth-order valence-electron chi connectivity index (χ4n) is 1.04. The van der Waals surface area contributed by atoms with Crippen LogP contribution >= 0.6 is 22.5 Å². The molecule has 90 valence electrons. The summed E-state index contributed by atoms with van der Waals surface area (Å²) in [6, 6.07) is 8.09. The summed E-state index contributed by atoms with van der Waals surface area (Å²) in [5.74, 6) is 0.967. The normalized spacial score (nSPS) is 12.6. The minimum atomic E-state index is -1.74. The monoisotopic (exact) mass is 272 g/mol. The van der Waals surface area contributed by atoms with Gasteiger partial charge in [0, 0.05) is 0 Å². The average molecular weight is 273 g/mol. The van der Waals surface area contributed by atoms with Crippen LogP contribution in [0.3, 0.4) is 0 Å². The molecule has 4 heteroatoms. The van der Waals surface area contributed by atoms with Crippen LogP contribution in [0.2, 0.25) is 18.1 Å². The van der Waals surface area contributed by atoms with Gasteiger partial charge in [-0.2, -0.15) is 0 Å². The van der Waals surface area contributed by atoms with E-state index in [1.807, 2.05) is 24.3 Å². The van der Waals surface area contributed by atoms with Crippen molar-refractivity contribution in [3.05, 3.63) is 24.3 Å². The Kier molecular flexibility index (Phi) is 4.43. The van der Waals surface area contributed by atoms with Crippen LogP contribution in [-0.2, 0) is 0 Å². The molecule has 1 rings (SSSR count). The summed E-state index contributed by atoms with van der Waals surface area (Å²) in [6.45, 7) is 11.3. The van der Waals surface area contributed by atoms with E-state index in [-0.39, 0.29) is 5.04 Å². The number of thiol groups is 1. The Morgan fingerprint density at radius 3 is 2.25 bits per heavy atom. The molecule has 0 aromatic heterocycles. The van der Waals surface area contributed by atoms with Crippen molar-refractivity contribution in [1.82, 2.24) is 0 Å². The van der Waals surface area contributed by atoms with Gasteiger partial charge in [-0.1, -0.05) is 43.7 Å². The number of benzene rings is 1. The highest BCUT2D eigenvalue weighted by atomic mass is 33.1. The zero-order valence-corrected chi connectivity index (χ0v) is 13.3. The van der Waals surface area contributed by atoms with E-state index in [0.29, 0.717) is 0 Å². The molecule has 0 atom stereocenters. The van der Waals surface area contributed by atoms with Crippen molar-refractivity contribution in [3.8, 4) is 5.75 Å². The number of hydrogen-bond acceptors (Lipinski definition) is 3. The highest BCUT2D eigenvalue weighted by Gasteiger charge is 2.39. The average Bonchev–Trinajstić information content (AvgIpc) is 2.16. The van der Waals surface area contributed by atoms with Crippen LogP contribution in [0, 0.1) is 0 Å². The lowest BCUT2D eigenvalue weighted by Crippen LogP contribution is -2.43. The van der Waals surface area contributed by atoms with E-state index in [1.165, 1.54) is 10.8 Å². The van der Waals surface area contributed by atoms with Crippen LogP contribution in [0.25, 0.3) is 0 Å². The largest absolute Gasteiger partial charge is 0.543 e. The SMILES string of the molecule is CC(C)(C)[Si](C)(C)Oc1ccccc1SS. The van der Waals surface area contributed by atoms with Gasteiger partial charge in [0.25, 0.3) is 8.32 Å². The van der Waals surface area contributed by atoms with E-state index in [4.69, 9.17) is 4.43 Å². The Morgan fingerprint density at radius 1 is 1.19 bits per heavy atom. The van der Waals surface area contributed by atoms with Gasteiger partial charge in [-0.05, 0) is 30.3 Å². The third-order valence-electron chi connectivity index (χ3n) is 3.12. The molecule has 0 saturated carbocycles. The van der Waals surface area contributed by atoms with Crippen molar-refractivity contribution in [3.63, 3.8) is 0 Å². The minimum absolute atomic E-state index is 0.224. The van der Waals surface area contributed by atoms with E-state index < -0.39 is 8.32 Å². The maximum absolute atomic E-state index is 6.26. The quantitative estimate of drug-likeness (QED) is 0.470. The van der Waals surface area contributed by atoms with Crippen LogP contribution in [0.15, 0.2) is 29.2 Å². The standard InChI is InChI=1S/C12H20OS2Si/c1-12(2,3)16(4,5)13-10-8-6-7-9-11(10)15-14/h6-9,14H,1-5H3. The topological polar surface area (TPSA) is 9.23 Å². The molecule has 1 nitrogen and oxygen atoms in total. The maximum atomic E-state index is 6.26. The number of para-hydroxylation sites is 1. The second-order valence-electron chi connectivity index (χ2n) is 5.40. The van der Waals surface area contributed by atoms with Gasteiger partial charge in [-0.15, -0.1) is 11.7 Å².